The topological polar surface area (TPSA) is 120 Å². The summed E-state index contributed by atoms with van der Waals surface area (Å²) in [6, 6.07) is 8.42. The number of aliphatic hydroxyl groups excluding tert-OH is 1. The van der Waals surface area contributed by atoms with Gasteiger partial charge in [0.25, 0.3) is 0 Å². The fourth-order valence-corrected chi connectivity index (χ4v) is 8.12. The number of allylic oxidation sites excluding steroid dienone is 11. The van der Waals surface area contributed by atoms with Crippen LogP contribution in [0, 0.1) is 18.8 Å². The van der Waals surface area contributed by atoms with Crippen LogP contribution in [0.1, 0.15) is 71.4 Å². The first-order valence-electron chi connectivity index (χ1n) is 18.6. The number of aliphatic hydroxyl groups is 1. The monoisotopic (exact) mass is 698 g/mol. The molecule has 0 radical (unpaired) electrons. The third kappa shape index (κ3) is 6.63. The lowest BCUT2D eigenvalue weighted by Crippen LogP contribution is -2.30. The van der Waals surface area contributed by atoms with Crippen molar-refractivity contribution in [2.75, 3.05) is 26.7 Å². The van der Waals surface area contributed by atoms with Crippen molar-refractivity contribution in [3.63, 3.8) is 0 Å². The van der Waals surface area contributed by atoms with Gasteiger partial charge in [-0.1, -0.05) is 43.7 Å². The van der Waals surface area contributed by atoms with Crippen molar-refractivity contribution in [3.05, 3.63) is 127 Å². The fourth-order valence-electron chi connectivity index (χ4n) is 8.12. The van der Waals surface area contributed by atoms with Crippen LogP contribution in [0.15, 0.2) is 131 Å². The summed E-state index contributed by atoms with van der Waals surface area (Å²) in [5.74, 6) is 0.482. The molecule has 1 saturated heterocycles. The van der Waals surface area contributed by atoms with E-state index >= 15 is 0 Å². The lowest BCUT2D eigenvalue weighted by Gasteiger charge is -2.18. The van der Waals surface area contributed by atoms with Gasteiger partial charge in [0, 0.05) is 65.9 Å². The Labute approximate surface area is 307 Å². The maximum atomic E-state index is 12.9. The van der Waals surface area contributed by atoms with Gasteiger partial charge < -0.3 is 25.8 Å². The van der Waals surface area contributed by atoms with Gasteiger partial charge in [-0.2, -0.15) is 0 Å². The number of ether oxygens (including phenoxy) is 1. The van der Waals surface area contributed by atoms with Crippen molar-refractivity contribution in [1.82, 2.24) is 16.0 Å². The van der Waals surface area contributed by atoms with Crippen LogP contribution in [0.4, 0.5) is 0 Å². The van der Waals surface area contributed by atoms with Crippen LogP contribution in [-0.4, -0.2) is 54.9 Å². The van der Waals surface area contributed by atoms with Crippen LogP contribution in [0.5, 0.6) is 0 Å². The lowest BCUT2D eigenvalue weighted by molar-refractivity contribution is -0.121. The summed E-state index contributed by atoms with van der Waals surface area (Å²) in [6.07, 6.45) is 8.63. The minimum atomic E-state index is 0.0295. The number of carbonyl (C=O) groups is 1. The number of fused-ring (bicyclic) bond motifs is 5. The third-order valence-corrected chi connectivity index (χ3v) is 11.2. The molecule has 4 N–H and O–H groups in total. The summed E-state index contributed by atoms with van der Waals surface area (Å²) in [5.41, 5.74) is 16.8. The number of amides is 1. The Kier molecular flexibility index (Phi) is 10.0. The molecule has 1 aromatic carbocycles. The minimum absolute atomic E-state index is 0.0295. The summed E-state index contributed by atoms with van der Waals surface area (Å²) < 4.78 is 6.36. The van der Waals surface area contributed by atoms with Crippen molar-refractivity contribution in [2.24, 2.45) is 26.8 Å². The molecule has 5 heterocycles. The molecule has 9 heteroatoms. The van der Waals surface area contributed by atoms with Gasteiger partial charge in [-0.3, -0.25) is 4.79 Å². The number of aliphatic imine (C=N–C) groups is 3. The predicted octanol–water partition coefficient (Wildman–Crippen LogP) is 7.30. The molecule has 1 aromatic rings. The zero-order valence-electron chi connectivity index (χ0n) is 31.5. The summed E-state index contributed by atoms with van der Waals surface area (Å²) >= 11 is 0. The van der Waals surface area contributed by atoms with E-state index in [2.05, 4.69) is 93.1 Å². The number of hydrogen-bond acceptors (Lipinski definition) is 8. The number of aryl methyl sites for hydroxylation is 1. The standard InChI is InChI=1S/C43H50N6O3/c1-8-29-24(3)34-19-38-32(22-52-21-28-11-9-10-23(2)16-28)26(5)33(47-38)18-35-25(4)30(12-13-40(51)45-15-14-44-7)42(48-35)31-17-39(50)41-27(6)36(49-43(31)41)20-37(29)46-34/h9-11,16,18-20,25,30,44,48,50H,8,12-15,17,21-22H2,1-7H3,(H,45,51)/t25?,30-/m0/s1. The van der Waals surface area contributed by atoms with E-state index in [1.807, 2.05) is 14.0 Å². The fraction of sp³-hybridized carbons (Fsp3) is 0.395. The number of benzene rings is 1. The van der Waals surface area contributed by atoms with E-state index in [0.717, 1.165) is 97.6 Å². The zero-order chi connectivity index (χ0) is 36.7. The van der Waals surface area contributed by atoms with E-state index in [1.54, 1.807) is 0 Å². The van der Waals surface area contributed by atoms with Crippen LogP contribution < -0.4 is 16.0 Å². The predicted molar refractivity (Wildman–Crippen MR) is 209 cm³/mol. The van der Waals surface area contributed by atoms with Crippen molar-refractivity contribution in [2.45, 2.75) is 73.8 Å². The Balaban J connectivity index is 1.32. The highest BCUT2D eigenvalue weighted by Gasteiger charge is 2.41. The maximum absolute atomic E-state index is 12.9. The molecule has 1 amide bonds. The number of nitrogens with zero attached hydrogens (tertiary/aromatic N) is 3. The Morgan fingerprint density at radius 3 is 2.46 bits per heavy atom. The molecule has 5 aliphatic heterocycles. The van der Waals surface area contributed by atoms with Gasteiger partial charge >= 0.3 is 0 Å². The highest BCUT2D eigenvalue weighted by Crippen LogP contribution is 2.46. The first-order valence-corrected chi connectivity index (χ1v) is 18.6. The average Bonchev–Trinajstić information content (AvgIpc) is 3.87. The van der Waals surface area contributed by atoms with E-state index in [9.17, 15) is 9.90 Å². The van der Waals surface area contributed by atoms with Crippen LogP contribution >= 0.6 is 0 Å². The number of carbonyl (C=O) groups excluding carboxylic acids is 1. The maximum Gasteiger partial charge on any atom is 0.220 e. The summed E-state index contributed by atoms with van der Waals surface area (Å²) in [7, 11) is 1.88. The second-order valence-corrected chi connectivity index (χ2v) is 14.6. The molecule has 0 saturated carbocycles. The Morgan fingerprint density at radius 1 is 0.962 bits per heavy atom. The molecular weight excluding hydrogens is 649 g/mol. The van der Waals surface area contributed by atoms with Crippen molar-refractivity contribution in [1.29, 1.82) is 0 Å². The Hall–Kier alpha value is -4.86. The van der Waals surface area contributed by atoms with Gasteiger partial charge in [0.2, 0.25) is 5.91 Å². The van der Waals surface area contributed by atoms with Crippen molar-refractivity contribution in [3.8, 4) is 0 Å². The SMILES string of the molecule is CCC1=C(C)C2=NC1=CC1=C(C)C3=C(O)CC(=C4NC(=CC5=NC(=C2)C(COCc2cccc(C)c2)=C5C)C(C)[C@@H]4CCC(=O)NCCNC)C3=N1. The molecule has 7 rings (SSSR count). The van der Waals surface area contributed by atoms with Gasteiger partial charge in [0.05, 0.1) is 47.4 Å². The lowest BCUT2D eigenvalue weighted by atomic mass is 9.86. The Morgan fingerprint density at radius 2 is 1.71 bits per heavy atom. The van der Waals surface area contributed by atoms with E-state index in [-0.39, 0.29) is 17.7 Å². The van der Waals surface area contributed by atoms with E-state index in [1.165, 1.54) is 11.1 Å². The van der Waals surface area contributed by atoms with E-state index < -0.39 is 0 Å². The number of nitrogens with one attached hydrogen (secondary N) is 3. The molecule has 1 unspecified atom stereocenters. The summed E-state index contributed by atoms with van der Waals surface area (Å²) in [6.45, 7) is 15.0. The summed E-state index contributed by atoms with van der Waals surface area (Å²) in [4.78, 5) is 28.5. The summed E-state index contributed by atoms with van der Waals surface area (Å²) in [5, 5.41) is 21.3. The molecule has 6 aliphatic rings. The molecule has 2 atom stereocenters. The molecule has 270 valence electrons. The molecule has 1 fully saturated rings. The second-order valence-electron chi connectivity index (χ2n) is 14.6. The molecule has 8 bridgehead atoms. The van der Waals surface area contributed by atoms with Gasteiger partial charge in [0.15, 0.2) is 0 Å². The first kappa shape index (κ1) is 35.5. The van der Waals surface area contributed by atoms with Gasteiger partial charge in [-0.25, -0.2) is 15.0 Å². The van der Waals surface area contributed by atoms with Crippen LogP contribution in [0.25, 0.3) is 0 Å². The highest BCUT2D eigenvalue weighted by atomic mass is 16.5. The third-order valence-electron chi connectivity index (χ3n) is 11.2. The van der Waals surface area contributed by atoms with Crippen molar-refractivity contribution < 1.29 is 14.6 Å². The van der Waals surface area contributed by atoms with Crippen LogP contribution in [0.3, 0.4) is 0 Å². The van der Waals surface area contributed by atoms with Crippen LogP contribution in [-0.2, 0) is 16.1 Å². The number of rotatable bonds is 11. The number of hydrogen-bond donors (Lipinski definition) is 4. The smallest absolute Gasteiger partial charge is 0.220 e. The molecular formula is C43H50N6O3. The van der Waals surface area contributed by atoms with Gasteiger partial charge in [-0.15, -0.1) is 0 Å². The van der Waals surface area contributed by atoms with Gasteiger partial charge in [0.1, 0.15) is 5.76 Å². The Bertz CT molecular complexity index is 2090. The quantitative estimate of drug-likeness (QED) is 0.181. The average molecular weight is 699 g/mol. The zero-order valence-corrected chi connectivity index (χ0v) is 31.5. The molecule has 0 aromatic heterocycles. The molecule has 9 nitrogen and oxygen atoms in total. The van der Waals surface area contributed by atoms with Crippen molar-refractivity contribution >= 4 is 23.0 Å². The second kappa shape index (κ2) is 14.6. The highest BCUT2D eigenvalue weighted by molar-refractivity contribution is 6.21. The van der Waals surface area contributed by atoms with E-state index in [0.29, 0.717) is 44.8 Å². The normalized spacial score (nSPS) is 22.2. The first-order chi connectivity index (χ1) is 25.1. The largest absolute Gasteiger partial charge is 0.511 e. The molecule has 52 heavy (non-hydrogen) atoms. The molecule has 0 spiro atoms. The van der Waals surface area contributed by atoms with Crippen LogP contribution in [0.2, 0.25) is 0 Å². The molecule has 1 aliphatic carbocycles. The van der Waals surface area contributed by atoms with Gasteiger partial charge in [-0.05, 0) is 93.7 Å². The van der Waals surface area contributed by atoms with E-state index in [4.69, 9.17) is 19.7 Å². The minimum Gasteiger partial charge on any atom is -0.511 e. The number of likely N-dealkylation sites (N-methyl/N-ethyl adjacent to an activating group) is 1.